The topological polar surface area (TPSA) is 41.6 Å². The number of carbonyl (C=O) groups excluding carboxylic acids is 1. The van der Waals surface area contributed by atoms with Crippen molar-refractivity contribution in [3.63, 3.8) is 0 Å². The summed E-state index contributed by atoms with van der Waals surface area (Å²) in [4.78, 5) is 14.4. The van der Waals surface area contributed by atoms with Crippen LogP contribution in [0.25, 0.3) is 10.8 Å². The van der Waals surface area contributed by atoms with Gasteiger partial charge < -0.3 is 10.1 Å². The molecule has 2 aromatic carbocycles. The molecule has 0 radical (unpaired) electrons. The predicted molar refractivity (Wildman–Crippen MR) is 82.6 cm³/mol. The number of halogens is 1. The monoisotopic (exact) mass is 300 g/mol. The van der Waals surface area contributed by atoms with Gasteiger partial charge in [0.15, 0.2) is 0 Å². The lowest BCUT2D eigenvalue weighted by molar-refractivity contribution is -0.0212. The highest BCUT2D eigenvalue weighted by Gasteiger charge is 2.24. The molecule has 0 aromatic heterocycles. The fourth-order valence-electron chi connectivity index (χ4n) is 3.37. The van der Waals surface area contributed by atoms with Gasteiger partial charge in [0.25, 0.3) is 5.91 Å². The van der Waals surface area contributed by atoms with E-state index in [9.17, 15) is 9.18 Å². The number of nitrogens with one attached hydrogen (secondary N) is 1. The molecule has 2 aromatic rings. The highest BCUT2D eigenvalue weighted by molar-refractivity contribution is 6.24. The van der Waals surface area contributed by atoms with E-state index in [2.05, 4.69) is 10.2 Å². The summed E-state index contributed by atoms with van der Waals surface area (Å²) in [7, 11) is 0. The standard InChI is InChI=1S/C17H17FN2O2/c1-10-8-20(4-5-22-10)9-11-6-12-14(18)2-3-15-16(12)13(7-11)17(21)19-15/h2-3,6-7,10H,4-5,8-9H2,1H3,(H,19,21)/t10-/m1/s1. The molecule has 22 heavy (non-hydrogen) atoms. The zero-order valence-corrected chi connectivity index (χ0v) is 12.4. The molecule has 1 atom stereocenters. The summed E-state index contributed by atoms with van der Waals surface area (Å²) < 4.78 is 19.7. The molecule has 1 N–H and O–H groups in total. The van der Waals surface area contributed by atoms with Crippen molar-refractivity contribution in [1.82, 2.24) is 4.90 Å². The Morgan fingerprint density at radius 3 is 3.09 bits per heavy atom. The summed E-state index contributed by atoms with van der Waals surface area (Å²) >= 11 is 0. The van der Waals surface area contributed by atoms with Crippen LogP contribution in [0.15, 0.2) is 24.3 Å². The molecular weight excluding hydrogens is 283 g/mol. The molecule has 0 unspecified atom stereocenters. The van der Waals surface area contributed by atoms with Crippen LogP contribution in [-0.2, 0) is 11.3 Å². The van der Waals surface area contributed by atoms with Gasteiger partial charge in [-0.2, -0.15) is 0 Å². The SMILES string of the molecule is C[C@@H]1CN(Cc2cc3c4c(ccc(F)c4c2)NC3=O)CCO1. The molecule has 2 aliphatic heterocycles. The minimum absolute atomic E-state index is 0.150. The maximum absolute atomic E-state index is 14.1. The summed E-state index contributed by atoms with van der Waals surface area (Å²) in [6.45, 7) is 5.16. The van der Waals surface area contributed by atoms with E-state index in [-0.39, 0.29) is 17.8 Å². The van der Waals surface area contributed by atoms with E-state index in [1.54, 1.807) is 6.07 Å². The molecule has 0 bridgehead atoms. The number of anilines is 1. The van der Waals surface area contributed by atoms with Gasteiger partial charge in [0.05, 0.1) is 18.3 Å². The van der Waals surface area contributed by atoms with E-state index in [1.807, 2.05) is 19.1 Å². The van der Waals surface area contributed by atoms with Crippen molar-refractivity contribution in [1.29, 1.82) is 0 Å². The number of ether oxygens (including phenoxy) is 1. The van der Waals surface area contributed by atoms with Crippen LogP contribution in [0.1, 0.15) is 22.8 Å². The van der Waals surface area contributed by atoms with Crippen LogP contribution in [0.4, 0.5) is 10.1 Å². The van der Waals surface area contributed by atoms with Crippen molar-refractivity contribution in [3.05, 3.63) is 41.2 Å². The lowest BCUT2D eigenvalue weighted by Crippen LogP contribution is -2.40. The van der Waals surface area contributed by atoms with Crippen LogP contribution >= 0.6 is 0 Å². The van der Waals surface area contributed by atoms with Gasteiger partial charge in [0, 0.05) is 36.1 Å². The number of rotatable bonds is 2. The largest absolute Gasteiger partial charge is 0.376 e. The Morgan fingerprint density at radius 1 is 1.41 bits per heavy atom. The smallest absolute Gasteiger partial charge is 0.256 e. The summed E-state index contributed by atoms with van der Waals surface area (Å²) in [5.74, 6) is -0.434. The lowest BCUT2D eigenvalue weighted by atomic mass is 10.0. The first-order valence-electron chi connectivity index (χ1n) is 7.52. The molecule has 1 saturated heterocycles. The Balaban J connectivity index is 1.75. The molecule has 1 fully saturated rings. The van der Waals surface area contributed by atoms with Crippen LogP contribution in [0.3, 0.4) is 0 Å². The van der Waals surface area contributed by atoms with Crippen LogP contribution in [-0.4, -0.2) is 36.6 Å². The molecule has 0 aliphatic carbocycles. The number of hydrogen-bond acceptors (Lipinski definition) is 3. The Kier molecular flexibility index (Phi) is 3.13. The average molecular weight is 300 g/mol. The number of benzene rings is 2. The maximum Gasteiger partial charge on any atom is 0.256 e. The van der Waals surface area contributed by atoms with Crippen molar-refractivity contribution < 1.29 is 13.9 Å². The second-order valence-corrected chi connectivity index (χ2v) is 6.03. The minimum atomic E-state index is -0.284. The number of morpholine rings is 1. The summed E-state index contributed by atoms with van der Waals surface area (Å²) in [5.41, 5.74) is 2.23. The third-order valence-electron chi connectivity index (χ3n) is 4.35. The summed E-state index contributed by atoms with van der Waals surface area (Å²) in [5, 5.41) is 4.01. The van der Waals surface area contributed by atoms with Crippen LogP contribution < -0.4 is 5.32 Å². The predicted octanol–water partition coefficient (Wildman–Crippen LogP) is 2.77. The van der Waals surface area contributed by atoms with E-state index in [0.717, 1.165) is 18.7 Å². The fourth-order valence-corrected chi connectivity index (χ4v) is 3.37. The minimum Gasteiger partial charge on any atom is -0.376 e. The van der Waals surface area contributed by atoms with Gasteiger partial charge >= 0.3 is 0 Å². The quantitative estimate of drug-likeness (QED) is 0.927. The molecular formula is C17H17FN2O2. The second kappa shape index (κ2) is 5.04. The van der Waals surface area contributed by atoms with Gasteiger partial charge in [0.1, 0.15) is 5.82 Å². The van der Waals surface area contributed by atoms with Gasteiger partial charge in [0.2, 0.25) is 0 Å². The van der Waals surface area contributed by atoms with Crippen molar-refractivity contribution in [2.75, 3.05) is 25.0 Å². The molecule has 4 nitrogen and oxygen atoms in total. The van der Waals surface area contributed by atoms with E-state index in [1.165, 1.54) is 6.07 Å². The highest BCUT2D eigenvalue weighted by Crippen LogP contribution is 2.35. The number of hydrogen-bond donors (Lipinski definition) is 1. The molecule has 5 heteroatoms. The van der Waals surface area contributed by atoms with Gasteiger partial charge in [-0.25, -0.2) is 4.39 Å². The number of amides is 1. The van der Waals surface area contributed by atoms with Crippen molar-refractivity contribution >= 4 is 22.4 Å². The molecule has 2 heterocycles. The second-order valence-electron chi connectivity index (χ2n) is 6.03. The van der Waals surface area contributed by atoms with Gasteiger partial charge in [-0.3, -0.25) is 9.69 Å². The fraction of sp³-hybridized carbons (Fsp3) is 0.353. The molecule has 1 amide bonds. The van der Waals surface area contributed by atoms with E-state index in [4.69, 9.17) is 4.74 Å². The molecule has 0 spiro atoms. The first-order chi connectivity index (χ1) is 10.6. The Labute approximate surface area is 127 Å². The van der Waals surface area contributed by atoms with E-state index < -0.39 is 0 Å². The molecule has 114 valence electrons. The Bertz CT molecular complexity index is 775. The van der Waals surface area contributed by atoms with Crippen LogP contribution in [0.5, 0.6) is 0 Å². The zero-order valence-electron chi connectivity index (χ0n) is 12.4. The maximum atomic E-state index is 14.1. The molecule has 4 rings (SSSR count). The van der Waals surface area contributed by atoms with Crippen LogP contribution in [0.2, 0.25) is 0 Å². The average Bonchev–Trinajstić information content (AvgIpc) is 2.80. The summed E-state index contributed by atoms with van der Waals surface area (Å²) in [6, 6.07) is 6.77. The number of nitrogens with zero attached hydrogens (tertiary/aromatic N) is 1. The van der Waals surface area contributed by atoms with Gasteiger partial charge in [-0.05, 0) is 36.8 Å². The van der Waals surface area contributed by atoms with Crippen molar-refractivity contribution in [2.24, 2.45) is 0 Å². The lowest BCUT2D eigenvalue weighted by Gasteiger charge is -2.31. The Morgan fingerprint density at radius 2 is 2.27 bits per heavy atom. The highest BCUT2D eigenvalue weighted by atomic mass is 19.1. The molecule has 2 aliphatic rings. The normalized spacial score (nSPS) is 21.4. The first kappa shape index (κ1) is 13.7. The third-order valence-corrected chi connectivity index (χ3v) is 4.35. The van der Waals surface area contributed by atoms with Crippen LogP contribution in [0, 0.1) is 5.82 Å². The first-order valence-corrected chi connectivity index (χ1v) is 7.52. The summed E-state index contributed by atoms with van der Waals surface area (Å²) in [6.07, 6.45) is 0.205. The number of carbonyl (C=O) groups is 1. The van der Waals surface area contributed by atoms with Crippen molar-refractivity contribution in [3.8, 4) is 0 Å². The zero-order chi connectivity index (χ0) is 15.3. The Hall–Kier alpha value is -1.98. The van der Waals surface area contributed by atoms with Gasteiger partial charge in [-0.15, -0.1) is 0 Å². The molecule has 0 saturated carbocycles. The van der Waals surface area contributed by atoms with E-state index in [0.29, 0.717) is 35.2 Å². The van der Waals surface area contributed by atoms with Crippen molar-refractivity contribution in [2.45, 2.75) is 19.6 Å². The van der Waals surface area contributed by atoms with Gasteiger partial charge in [-0.1, -0.05) is 0 Å². The van der Waals surface area contributed by atoms with E-state index >= 15 is 0 Å². The third kappa shape index (κ3) is 2.17.